The molecule has 26 heavy (non-hydrogen) atoms. The van der Waals surface area contributed by atoms with Crippen molar-refractivity contribution < 1.29 is 9.53 Å². The van der Waals surface area contributed by atoms with Gasteiger partial charge < -0.3 is 10.1 Å². The zero-order valence-electron chi connectivity index (χ0n) is 14.1. The van der Waals surface area contributed by atoms with Gasteiger partial charge >= 0.3 is 0 Å². The molecule has 1 aliphatic heterocycles. The van der Waals surface area contributed by atoms with Gasteiger partial charge in [0.05, 0.1) is 12.1 Å². The van der Waals surface area contributed by atoms with E-state index in [0.717, 1.165) is 22.4 Å². The van der Waals surface area contributed by atoms with Crippen molar-refractivity contribution in [2.24, 2.45) is 0 Å². The summed E-state index contributed by atoms with van der Waals surface area (Å²) in [5.74, 6) is 0.707. The fourth-order valence-corrected chi connectivity index (χ4v) is 2.81. The number of carbonyl (C=O) groups excluding carboxylic acids is 1. The van der Waals surface area contributed by atoms with Gasteiger partial charge in [-0.2, -0.15) is 5.10 Å². The molecule has 6 nitrogen and oxygen atoms in total. The minimum atomic E-state index is -0.105. The van der Waals surface area contributed by atoms with Crippen LogP contribution in [0.3, 0.4) is 0 Å². The molecular weight excluding hydrogens is 328 g/mol. The molecule has 4 rings (SSSR count). The van der Waals surface area contributed by atoms with E-state index in [1.54, 1.807) is 11.0 Å². The summed E-state index contributed by atoms with van der Waals surface area (Å²) >= 11 is 0. The van der Waals surface area contributed by atoms with E-state index in [2.05, 4.69) is 15.4 Å². The average Bonchev–Trinajstić information content (AvgIpc) is 3.20. The van der Waals surface area contributed by atoms with Gasteiger partial charge in [0.2, 0.25) is 0 Å². The van der Waals surface area contributed by atoms with Crippen molar-refractivity contribution >= 4 is 12.0 Å². The maximum Gasteiger partial charge on any atom is 0.250 e. The van der Waals surface area contributed by atoms with E-state index in [-0.39, 0.29) is 5.91 Å². The highest BCUT2D eigenvalue weighted by Crippen LogP contribution is 2.25. The molecule has 0 saturated carbocycles. The first-order valence-electron chi connectivity index (χ1n) is 8.39. The number of carbonyl (C=O) groups is 1. The Bertz CT molecular complexity index is 931. The summed E-state index contributed by atoms with van der Waals surface area (Å²) in [6.45, 7) is 1.44. The first-order chi connectivity index (χ1) is 12.8. The van der Waals surface area contributed by atoms with Crippen molar-refractivity contribution in [2.75, 3.05) is 6.61 Å². The minimum absolute atomic E-state index is 0.105. The number of benzene rings is 2. The average molecular weight is 346 g/mol. The monoisotopic (exact) mass is 346 g/mol. The van der Waals surface area contributed by atoms with E-state index in [1.807, 2.05) is 54.6 Å². The summed E-state index contributed by atoms with van der Waals surface area (Å²) in [6.07, 6.45) is 5.09. The minimum Gasteiger partial charge on any atom is -0.488 e. The largest absolute Gasteiger partial charge is 0.488 e. The Morgan fingerprint density at radius 2 is 1.92 bits per heavy atom. The number of rotatable bonds is 5. The molecule has 1 aromatic heterocycles. The maximum absolute atomic E-state index is 12.4. The summed E-state index contributed by atoms with van der Waals surface area (Å²) in [4.78, 5) is 16.3. The summed E-state index contributed by atoms with van der Waals surface area (Å²) in [5.41, 5.74) is 3.73. The van der Waals surface area contributed by atoms with Crippen molar-refractivity contribution in [1.82, 2.24) is 20.1 Å². The normalized spacial score (nSPS) is 12.7. The molecule has 6 heteroatoms. The summed E-state index contributed by atoms with van der Waals surface area (Å²) in [6, 6.07) is 15.8. The summed E-state index contributed by atoms with van der Waals surface area (Å²) in [7, 11) is 0. The van der Waals surface area contributed by atoms with Gasteiger partial charge in [0.25, 0.3) is 5.91 Å². The zero-order valence-corrected chi connectivity index (χ0v) is 14.1. The lowest BCUT2D eigenvalue weighted by atomic mass is 10.1. The maximum atomic E-state index is 12.4. The van der Waals surface area contributed by atoms with Crippen LogP contribution in [0.4, 0.5) is 0 Å². The Hall–Kier alpha value is -3.41. The van der Waals surface area contributed by atoms with Crippen molar-refractivity contribution in [3.05, 3.63) is 83.4 Å². The van der Waals surface area contributed by atoms with Crippen molar-refractivity contribution in [1.29, 1.82) is 0 Å². The Labute approximate surface area is 151 Å². The molecule has 0 atom stereocenters. The van der Waals surface area contributed by atoms with Crippen LogP contribution in [0, 0.1) is 0 Å². The van der Waals surface area contributed by atoms with Gasteiger partial charge in [-0.3, -0.25) is 4.79 Å². The molecule has 2 aromatic carbocycles. The molecule has 0 fully saturated rings. The molecule has 130 valence electrons. The molecule has 0 aliphatic carbocycles. The SMILES string of the molecule is O=C(NCc1ccc(Cn2cncn2)cc1)C1=Cc2ccccc2OC1. The van der Waals surface area contributed by atoms with E-state index < -0.39 is 0 Å². The van der Waals surface area contributed by atoms with E-state index in [4.69, 9.17) is 4.74 Å². The van der Waals surface area contributed by atoms with E-state index in [1.165, 1.54) is 6.33 Å². The van der Waals surface area contributed by atoms with Gasteiger partial charge in [0.15, 0.2) is 0 Å². The summed E-state index contributed by atoms with van der Waals surface area (Å²) in [5, 5.41) is 7.04. The van der Waals surface area contributed by atoms with Gasteiger partial charge in [-0.1, -0.05) is 42.5 Å². The molecular formula is C20H18N4O2. The zero-order chi connectivity index (χ0) is 17.8. The number of nitrogens with zero attached hydrogens (tertiary/aromatic N) is 3. The third-order valence-electron chi connectivity index (χ3n) is 4.21. The third kappa shape index (κ3) is 3.64. The molecule has 0 spiro atoms. The highest BCUT2D eigenvalue weighted by Gasteiger charge is 2.16. The van der Waals surface area contributed by atoms with Crippen molar-refractivity contribution in [3.63, 3.8) is 0 Å². The molecule has 2 heterocycles. The Balaban J connectivity index is 1.35. The fraction of sp³-hybridized carbons (Fsp3) is 0.150. The quantitative estimate of drug-likeness (QED) is 0.770. The molecule has 0 unspecified atom stereocenters. The lowest BCUT2D eigenvalue weighted by Gasteiger charge is -2.17. The van der Waals surface area contributed by atoms with Crippen LogP contribution in [-0.4, -0.2) is 27.3 Å². The van der Waals surface area contributed by atoms with Gasteiger partial charge in [-0.05, 0) is 23.3 Å². The molecule has 1 N–H and O–H groups in total. The first-order valence-corrected chi connectivity index (χ1v) is 8.39. The van der Waals surface area contributed by atoms with Gasteiger partial charge in [0, 0.05) is 12.1 Å². The van der Waals surface area contributed by atoms with Crippen LogP contribution in [0.2, 0.25) is 0 Å². The van der Waals surface area contributed by atoms with Crippen LogP contribution in [0.15, 0.2) is 66.8 Å². The lowest BCUT2D eigenvalue weighted by Crippen LogP contribution is -2.28. The molecule has 1 amide bonds. The van der Waals surface area contributed by atoms with Crippen LogP contribution in [0.25, 0.3) is 6.08 Å². The van der Waals surface area contributed by atoms with Crippen LogP contribution >= 0.6 is 0 Å². The number of para-hydroxylation sites is 1. The lowest BCUT2D eigenvalue weighted by molar-refractivity contribution is -0.117. The molecule has 1 aliphatic rings. The van der Waals surface area contributed by atoms with Crippen LogP contribution in [-0.2, 0) is 17.9 Å². The summed E-state index contributed by atoms with van der Waals surface area (Å²) < 4.78 is 7.40. The highest BCUT2D eigenvalue weighted by atomic mass is 16.5. The third-order valence-corrected chi connectivity index (χ3v) is 4.21. The number of aromatic nitrogens is 3. The number of amides is 1. The number of ether oxygens (including phenoxy) is 1. The number of hydrogen-bond acceptors (Lipinski definition) is 4. The fourth-order valence-electron chi connectivity index (χ4n) is 2.81. The molecule has 0 bridgehead atoms. The standard InChI is InChI=1S/C20H18N4O2/c25-20(18-9-17-3-1-2-4-19(17)26-12-18)22-10-15-5-7-16(8-6-15)11-24-14-21-13-23-24/h1-9,13-14H,10-12H2,(H,22,25). The predicted molar refractivity (Wildman–Crippen MR) is 97.3 cm³/mol. The van der Waals surface area contributed by atoms with Gasteiger partial charge in [-0.25, -0.2) is 9.67 Å². The molecule has 0 saturated heterocycles. The number of hydrogen-bond donors (Lipinski definition) is 1. The van der Waals surface area contributed by atoms with Crippen LogP contribution in [0.1, 0.15) is 16.7 Å². The second kappa shape index (κ2) is 7.23. The highest BCUT2D eigenvalue weighted by molar-refractivity contribution is 5.99. The second-order valence-electron chi connectivity index (χ2n) is 6.09. The van der Waals surface area contributed by atoms with E-state index >= 15 is 0 Å². The predicted octanol–water partition coefficient (Wildman–Crippen LogP) is 2.42. The smallest absolute Gasteiger partial charge is 0.250 e. The van der Waals surface area contributed by atoms with E-state index in [0.29, 0.717) is 25.3 Å². The first kappa shape index (κ1) is 16.1. The number of fused-ring (bicyclic) bond motifs is 1. The van der Waals surface area contributed by atoms with Crippen molar-refractivity contribution in [3.8, 4) is 5.75 Å². The van der Waals surface area contributed by atoms with Gasteiger partial charge in [0.1, 0.15) is 25.0 Å². The van der Waals surface area contributed by atoms with Crippen LogP contribution in [0.5, 0.6) is 5.75 Å². The molecule has 3 aromatic rings. The Morgan fingerprint density at radius 1 is 1.12 bits per heavy atom. The second-order valence-corrected chi connectivity index (χ2v) is 6.09. The topological polar surface area (TPSA) is 69.0 Å². The van der Waals surface area contributed by atoms with E-state index in [9.17, 15) is 4.79 Å². The van der Waals surface area contributed by atoms with Gasteiger partial charge in [-0.15, -0.1) is 0 Å². The van der Waals surface area contributed by atoms with Crippen LogP contribution < -0.4 is 10.1 Å². The Kier molecular flexibility index (Phi) is 4.47. The van der Waals surface area contributed by atoms with Crippen molar-refractivity contribution in [2.45, 2.75) is 13.1 Å². The molecule has 0 radical (unpaired) electrons. The number of nitrogens with one attached hydrogen (secondary N) is 1. The Morgan fingerprint density at radius 3 is 2.73 bits per heavy atom.